The molecule has 2 rings (SSSR count). The second kappa shape index (κ2) is 15.4. The second-order valence-electron chi connectivity index (χ2n) is 9.51. The quantitative estimate of drug-likeness (QED) is 0.202. The second-order valence-corrected chi connectivity index (χ2v) is 9.51. The normalized spacial score (nSPS) is 21.9. The van der Waals surface area contributed by atoms with E-state index in [0.29, 0.717) is 11.5 Å². The number of benzene rings is 1. The maximum atomic E-state index is 12.3. The van der Waals surface area contributed by atoms with E-state index in [1.54, 1.807) is 0 Å². The molecular weight excluding hydrogens is 400 g/mol. The molecule has 4 nitrogen and oxygen atoms in total. The van der Waals surface area contributed by atoms with Gasteiger partial charge in [0.25, 0.3) is 0 Å². The number of rotatable bonds is 15. The zero-order valence-corrected chi connectivity index (χ0v) is 20.9. The number of hydrogen-bond donors (Lipinski definition) is 0. The summed E-state index contributed by atoms with van der Waals surface area (Å²) >= 11 is 0. The minimum absolute atomic E-state index is 0.0500. The average molecular weight is 447 g/mol. The van der Waals surface area contributed by atoms with E-state index in [2.05, 4.69) is 20.8 Å². The Morgan fingerprint density at radius 2 is 1.59 bits per heavy atom. The lowest BCUT2D eigenvalue weighted by molar-refractivity contribution is -0.237. The van der Waals surface area contributed by atoms with Crippen molar-refractivity contribution >= 4 is 5.97 Å². The maximum Gasteiger partial charge on any atom is 0.338 e. The van der Waals surface area contributed by atoms with E-state index in [0.717, 1.165) is 31.4 Å². The molecule has 0 aliphatic carbocycles. The Morgan fingerprint density at radius 3 is 2.22 bits per heavy atom. The van der Waals surface area contributed by atoms with Crippen molar-refractivity contribution in [1.82, 2.24) is 0 Å². The summed E-state index contributed by atoms with van der Waals surface area (Å²) in [5.74, 6) is 0.203. The summed E-state index contributed by atoms with van der Waals surface area (Å²) in [7, 11) is 0. The van der Waals surface area contributed by atoms with Crippen molar-refractivity contribution in [2.75, 3.05) is 6.61 Å². The molecular formula is C28H46O4. The third kappa shape index (κ3) is 9.62. The number of carbonyl (C=O) groups excluding carboxylic acids is 1. The third-order valence-electron chi connectivity index (χ3n) is 6.58. The number of carbonyl (C=O) groups is 1. The molecule has 0 saturated carbocycles. The van der Waals surface area contributed by atoms with Crippen molar-refractivity contribution in [3.63, 3.8) is 0 Å². The molecule has 0 N–H and O–H groups in total. The fraction of sp³-hybridized carbons (Fsp3) is 0.750. The van der Waals surface area contributed by atoms with Gasteiger partial charge in [0.1, 0.15) is 0 Å². The zero-order valence-electron chi connectivity index (χ0n) is 20.9. The molecule has 4 heteroatoms. The summed E-state index contributed by atoms with van der Waals surface area (Å²) in [4.78, 5) is 12.3. The lowest BCUT2D eigenvalue weighted by Gasteiger charge is -2.35. The van der Waals surface area contributed by atoms with Crippen LogP contribution in [0.25, 0.3) is 0 Å². The predicted octanol–water partition coefficient (Wildman–Crippen LogP) is 8.00. The van der Waals surface area contributed by atoms with Crippen molar-refractivity contribution in [3.8, 4) is 0 Å². The Labute approximate surface area is 196 Å². The van der Waals surface area contributed by atoms with Crippen molar-refractivity contribution < 1.29 is 19.0 Å². The summed E-state index contributed by atoms with van der Waals surface area (Å²) < 4.78 is 17.8. The SMILES string of the molecule is CCCCCCCCCC[C@H]1CO[C@H](c2ccc(C(=O)O[C@H](C)CCCC)cc2)O[C@@H]1C. The van der Waals surface area contributed by atoms with Gasteiger partial charge in [0.2, 0.25) is 0 Å². The van der Waals surface area contributed by atoms with Crippen LogP contribution in [0.3, 0.4) is 0 Å². The monoisotopic (exact) mass is 446 g/mol. The van der Waals surface area contributed by atoms with E-state index in [1.807, 2.05) is 31.2 Å². The minimum Gasteiger partial charge on any atom is -0.459 e. The number of hydrogen-bond acceptors (Lipinski definition) is 4. The molecule has 0 unspecified atom stereocenters. The topological polar surface area (TPSA) is 44.8 Å². The predicted molar refractivity (Wildman–Crippen MR) is 131 cm³/mol. The van der Waals surface area contributed by atoms with Gasteiger partial charge in [0.15, 0.2) is 6.29 Å². The van der Waals surface area contributed by atoms with E-state index < -0.39 is 0 Å². The van der Waals surface area contributed by atoms with Gasteiger partial charge in [-0.1, -0.05) is 90.2 Å². The van der Waals surface area contributed by atoms with E-state index >= 15 is 0 Å². The standard InChI is InChI=1S/C28H46O4/c1-5-7-9-10-11-12-13-14-16-26-21-30-28(32-23(26)4)25-19-17-24(18-20-25)27(29)31-22(3)15-8-6-2/h17-20,22-23,26,28H,5-16,21H2,1-4H3/t22-,23-,26+,28+/m1/s1. The van der Waals surface area contributed by atoms with Crippen molar-refractivity contribution in [2.24, 2.45) is 5.92 Å². The fourth-order valence-corrected chi connectivity index (χ4v) is 4.30. The highest BCUT2D eigenvalue weighted by Crippen LogP contribution is 2.32. The summed E-state index contributed by atoms with van der Waals surface area (Å²) in [6.45, 7) is 9.26. The van der Waals surface area contributed by atoms with Gasteiger partial charge >= 0.3 is 5.97 Å². The van der Waals surface area contributed by atoms with Crippen LogP contribution in [0.15, 0.2) is 24.3 Å². The van der Waals surface area contributed by atoms with Gasteiger partial charge in [-0.3, -0.25) is 0 Å². The smallest absolute Gasteiger partial charge is 0.338 e. The molecule has 32 heavy (non-hydrogen) atoms. The highest BCUT2D eigenvalue weighted by Gasteiger charge is 2.29. The first kappa shape index (κ1) is 26.9. The molecule has 1 aliphatic rings. The van der Waals surface area contributed by atoms with Gasteiger partial charge in [0, 0.05) is 11.5 Å². The first-order valence-electron chi connectivity index (χ1n) is 13.1. The van der Waals surface area contributed by atoms with E-state index in [9.17, 15) is 4.79 Å². The Balaban J connectivity index is 1.70. The van der Waals surface area contributed by atoms with Gasteiger partial charge in [-0.25, -0.2) is 4.79 Å². The van der Waals surface area contributed by atoms with Crippen LogP contribution in [-0.2, 0) is 14.2 Å². The Kier molecular flexibility index (Phi) is 13.0. The molecule has 1 aliphatic heterocycles. The molecule has 1 aromatic carbocycles. The van der Waals surface area contributed by atoms with E-state index in [4.69, 9.17) is 14.2 Å². The summed E-state index contributed by atoms with van der Waals surface area (Å²) in [6.07, 6.45) is 14.8. The lowest BCUT2D eigenvalue weighted by atomic mass is 9.95. The molecule has 182 valence electrons. The van der Waals surface area contributed by atoms with Crippen LogP contribution in [0.5, 0.6) is 0 Å². The number of ether oxygens (including phenoxy) is 3. The van der Waals surface area contributed by atoms with Gasteiger partial charge in [-0.05, 0) is 38.8 Å². The highest BCUT2D eigenvalue weighted by molar-refractivity contribution is 5.89. The van der Waals surface area contributed by atoms with Gasteiger partial charge in [0.05, 0.1) is 24.4 Å². The van der Waals surface area contributed by atoms with Gasteiger partial charge in [-0.15, -0.1) is 0 Å². The van der Waals surface area contributed by atoms with Crippen LogP contribution >= 0.6 is 0 Å². The zero-order chi connectivity index (χ0) is 23.2. The largest absolute Gasteiger partial charge is 0.459 e. The number of unbranched alkanes of at least 4 members (excludes halogenated alkanes) is 8. The van der Waals surface area contributed by atoms with E-state index in [1.165, 1.54) is 57.8 Å². The van der Waals surface area contributed by atoms with Crippen LogP contribution in [0.4, 0.5) is 0 Å². The average Bonchev–Trinajstić information content (AvgIpc) is 2.80. The molecule has 1 heterocycles. The molecule has 0 bridgehead atoms. The van der Waals surface area contributed by atoms with Crippen molar-refractivity contribution in [3.05, 3.63) is 35.4 Å². The minimum atomic E-state index is -0.353. The molecule has 4 atom stereocenters. The molecule has 0 amide bonds. The van der Waals surface area contributed by atoms with Crippen LogP contribution in [0.2, 0.25) is 0 Å². The Hall–Kier alpha value is -1.39. The van der Waals surface area contributed by atoms with Crippen LogP contribution in [-0.4, -0.2) is 24.8 Å². The molecule has 0 radical (unpaired) electrons. The van der Waals surface area contributed by atoms with Crippen molar-refractivity contribution in [1.29, 1.82) is 0 Å². The first-order chi connectivity index (χ1) is 15.5. The van der Waals surface area contributed by atoms with Crippen molar-refractivity contribution in [2.45, 2.75) is 123 Å². The van der Waals surface area contributed by atoms with Gasteiger partial charge < -0.3 is 14.2 Å². The molecule has 0 spiro atoms. The fourth-order valence-electron chi connectivity index (χ4n) is 4.30. The molecule has 1 aromatic rings. The Morgan fingerprint density at radius 1 is 0.969 bits per heavy atom. The highest BCUT2D eigenvalue weighted by atomic mass is 16.7. The van der Waals surface area contributed by atoms with E-state index in [-0.39, 0.29) is 24.5 Å². The lowest BCUT2D eigenvalue weighted by Crippen LogP contribution is -2.34. The summed E-state index contributed by atoms with van der Waals surface area (Å²) in [5.41, 5.74) is 1.53. The number of esters is 1. The van der Waals surface area contributed by atoms with Crippen LogP contribution in [0.1, 0.15) is 127 Å². The Bertz CT molecular complexity index is 627. The summed E-state index contributed by atoms with van der Waals surface area (Å²) in [5, 5.41) is 0. The molecule has 0 aromatic heterocycles. The van der Waals surface area contributed by atoms with Gasteiger partial charge in [-0.2, -0.15) is 0 Å². The van der Waals surface area contributed by atoms with Crippen LogP contribution in [0, 0.1) is 5.92 Å². The van der Waals surface area contributed by atoms with Crippen LogP contribution < -0.4 is 0 Å². The maximum absolute atomic E-state index is 12.3. The third-order valence-corrected chi connectivity index (χ3v) is 6.58. The molecule has 1 saturated heterocycles. The molecule has 1 fully saturated rings. The first-order valence-corrected chi connectivity index (χ1v) is 13.1. The summed E-state index contributed by atoms with van der Waals surface area (Å²) in [6, 6.07) is 7.47.